The second-order valence-corrected chi connectivity index (χ2v) is 4.97. The molecule has 3 heteroatoms. The zero-order valence-corrected chi connectivity index (χ0v) is 8.78. The average Bonchev–Trinajstić information content (AvgIpc) is 1.82. The molecule has 1 aliphatic rings. The lowest BCUT2D eigenvalue weighted by Gasteiger charge is -2.37. The fourth-order valence-electron chi connectivity index (χ4n) is 1.90. The lowest BCUT2D eigenvalue weighted by Crippen LogP contribution is -2.43. The molecule has 0 aromatic carbocycles. The van der Waals surface area contributed by atoms with Crippen LogP contribution in [-0.4, -0.2) is 29.5 Å². The van der Waals surface area contributed by atoms with Gasteiger partial charge in [0.25, 0.3) is 0 Å². The van der Waals surface area contributed by atoms with Crippen LogP contribution in [0.3, 0.4) is 0 Å². The molecule has 0 amide bonds. The van der Waals surface area contributed by atoms with Crippen molar-refractivity contribution in [1.29, 1.82) is 0 Å². The summed E-state index contributed by atoms with van der Waals surface area (Å²) >= 11 is 4.89. The summed E-state index contributed by atoms with van der Waals surface area (Å²) in [5, 5.41) is 0. The van der Waals surface area contributed by atoms with Gasteiger partial charge in [0.15, 0.2) is 0 Å². The summed E-state index contributed by atoms with van der Waals surface area (Å²) in [6.07, 6.45) is 2.59. The van der Waals surface area contributed by atoms with Crippen molar-refractivity contribution in [3.8, 4) is 0 Å². The van der Waals surface area contributed by atoms with E-state index in [-0.39, 0.29) is 0 Å². The number of nitrogens with zero attached hydrogens (tertiary/aromatic N) is 1. The van der Waals surface area contributed by atoms with Gasteiger partial charge < -0.3 is 5.73 Å². The molecule has 0 bridgehead atoms. The molecule has 1 heterocycles. The molecule has 0 radical (unpaired) electrons. The van der Waals surface area contributed by atoms with Gasteiger partial charge in [0.05, 0.1) is 4.99 Å². The minimum absolute atomic E-state index is 0.447. The van der Waals surface area contributed by atoms with Crippen molar-refractivity contribution >= 4 is 17.2 Å². The topological polar surface area (TPSA) is 29.3 Å². The minimum atomic E-state index is 0.447. The summed E-state index contributed by atoms with van der Waals surface area (Å²) in [7, 11) is 0. The fourth-order valence-corrected chi connectivity index (χ4v) is 2.08. The Morgan fingerprint density at radius 2 is 2.25 bits per heavy atom. The number of rotatable bonds is 2. The summed E-state index contributed by atoms with van der Waals surface area (Å²) in [5.41, 5.74) is 5.95. The van der Waals surface area contributed by atoms with Crippen LogP contribution in [0.1, 0.15) is 26.7 Å². The molecule has 0 saturated carbocycles. The van der Waals surface area contributed by atoms with E-state index in [0.717, 1.165) is 19.6 Å². The van der Waals surface area contributed by atoms with Gasteiger partial charge in [-0.2, -0.15) is 0 Å². The summed E-state index contributed by atoms with van der Waals surface area (Å²) in [4.78, 5) is 2.97. The van der Waals surface area contributed by atoms with Crippen LogP contribution in [-0.2, 0) is 0 Å². The summed E-state index contributed by atoms with van der Waals surface area (Å²) in [6.45, 7) is 7.68. The Kier molecular flexibility index (Phi) is 3.07. The van der Waals surface area contributed by atoms with Crippen LogP contribution in [0.15, 0.2) is 0 Å². The van der Waals surface area contributed by atoms with Crippen molar-refractivity contribution in [2.45, 2.75) is 26.7 Å². The van der Waals surface area contributed by atoms with Gasteiger partial charge in [-0.1, -0.05) is 26.1 Å². The molecular formula is C9H18N2S. The van der Waals surface area contributed by atoms with Crippen LogP contribution in [0.25, 0.3) is 0 Å². The highest BCUT2D eigenvalue weighted by atomic mass is 32.1. The maximum atomic E-state index is 5.50. The molecule has 0 aromatic rings. The second-order valence-electron chi connectivity index (χ2n) is 4.44. The highest BCUT2D eigenvalue weighted by Crippen LogP contribution is 2.27. The van der Waals surface area contributed by atoms with Crippen LogP contribution in [0.4, 0.5) is 0 Å². The number of piperidine rings is 1. The first kappa shape index (κ1) is 9.93. The fraction of sp³-hybridized carbons (Fsp3) is 0.889. The standard InChI is InChI=1S/C9H18N2S/c1-9(2)4-3-5-11(7-9)6-8(10)12/h3-7H2,1-2H3,(H2,10,12). The van der Waals surface area contributed by atoms with Crippen molar-refractivity contribution in [1.82, 2.24) is 4.90 Å². The van der Waals surface area contributed by atoms with E-state index in [4.69, 9.17) is 18.0 Å². The van der Waals surface area contributed by atoms with Crippen LogP contribution < -0.4 is 5.73 Å². The Morgan fingerprint density at radius 3 is 2.75 bits per heavy atom. The average molecular weight is 186 g/mol. The van der Waals surface area contributed by atoms with Crippen LogP contribution in [0, 0.1) is 5.41 Å². The summed E-state index contributed by atoms with van der Waals surface area (Å²) in [5.74, 6) is 0. The van der Waals surface area contributed by atoms with Gasteiger partial charge in [-0.15, -0.1) is 0 Å². The Bertz CT molecular complexity index is 177. The molecule has 1 saturated heterocycles. The molecule has 2 N–H and O–H groups in total. The maximum absolute atomic E-state index is 5.50. The van der Waals surface area contributed by atoms with E-state index < -0.39 is 0 Å². The molecule has 0 atom stereocenters. The first-order chi connectivity index (χ1) is 5.49. The van der Waals surface area contributed by atoms with Crippen molar-refractivity contribution in [3.05, 3.63) is 0 Å². The third kappa shape index (κ3) is 3.07. The molecule has 1 fully saturated rings. The predicted molar refractivity (Wildman–Crippen MR) is 56.2 cm³/mol. The van der Waals surface area contributed by atoms with E-state index in [2.05, 4.69) is 18.7 Å². The highest BCUT2D eigenvalue weighted by molar-refractivity contribution is 7.80. The van der Waals surface area contributed by atoms with Gasteiger partial charge in [-0.3, -0.25) is 4.90 Å². The monoisotopic (exact) mass is 186 g/mol. The predicted octanol–water partition coefficient (Wildman–Crippen LogP) is 1.39. The SMILES string of the molecule is CC1(C)CCCN(CC(N)=S)C1. The third-order valence-corrected chi connectivity index (χ3v) is 2.49. The van der Waals surface area contributed by atoms with Crippen molar-refractivity contribution in [2.75, 3.05) is 19.6 Å². The molecular weight excluding hydrogens is 168 g/mol. The zero-order valence-electron chi connectivity index (χ0n) is 7.97. The molecule has 1 rings (SSSR count). The van der Waals surface area contributed by atoms with E-state index in [9.17, 15) is 0 Å². The highest BCUT2D eigenvalue weighted by Gasteiger charge is 2.25. The van der Waals surface area contributed by atoms with E-state index in [0.29, 0.717) is 10.4 Å². The van der Waals surface area contributed by atoms with Crippen LogP contribution >= 0.6 is 12.2 Å². The van der Waals surface area contributed by atoms with Crippen LogP contribution in [0.2, 0.25) is 0 Å². The Morgan fingerprint density at radius 1 is 1.58 bits per heavy atom. The molecule has 12 heavy (non-hydrogen) atoms. The first-order valence-electron chi connectivity index (χ1n) is 4.50. The third-order valence-electron chi connectivity index (χ3n) is 2.36. The number of nitrogens with two attached hydrogens (primary N) is 1. The van der Waals surface area contributed by atoms with Gasteiger partial charge in [-0.25, -0.2) is 0 Å². The number of hydrogen-bond donors (Lipinski definition) is 1. The number of hydrogen-bond acceptors (Lipinski definition) is 2. The molecule has 0 spiro atoms. The summed E-state index contributed by atoms with van der Waals surface area (Å²) < 4.78 is 0. The first-order valence-corrected chi connectivity index (χ1v) is 4.91. The van der Waals surface area contributed by atoms with E-state index in [1.807, 2.05) is 0 Å². The Balaban J connectivity index is 2.41. The maximum Gasteiger partial charge on any atom is 0.0870 e. The smallest absolute Gasteiger partial charge is 0.0870 e. The second kappa shape index (κ2) is 3.71. The Hall–Kier alpha value is -0.150. The van der Waals surface area contributed by atoms with Crippen molar-refractivity contribution in [3.63, 3.8) is 0 Å². The van der Waals surface area contributed by atoms with Crippen molar-refractivity contribution < 1.29 is 0 Å². The quantitative estimate of drug-likeness (QED) is 0.661. The van der Waals surface area contributed by atoms with Gasteiger partial charge in [-0.05, 0) is 24.8 Å². The zero-order chi connectivity index (χ0) is 9.19. The van der Waals surface area contributed by atoms with E-state index >= 15 is 0 Å². The summed E-state index contributed by atoms with van der Waals surface area (Å²) in [6, 6.07) is 0. The molecule has 0 unspecified atom stereocenters. The van der Waals surface area contributed by atoms with Crippen LogP contribution in [0.5, 0.6) is 0 Å². The largest absolute Gasteiger partial charge is 0.392 e. The minimum Gasteiger partial charge on any atom is -0.392 e. The van der Waals surface area contributed by atoms with Crippen molar-refractivity contribution in [2.24, 2.45) is 11.1 Å². The molecule has 0 aliphatic carbocycles. The number of thiocarbonyl (C=S) groups is 1. The lowest BCUT2D eigenvalue weighted by atomic mass is 9.84. The Labute approximate surface area is 80.1 Å². The normalized spacial score (nSPS) is 23.8. The van der Waals surface area contributed by atoms with Gasteiger partial charge in [0.1, 0.15) is 0 Å². The van der Waals surface area contributed by atoms with Gasteiger partial charge in [0.2, 0.25) is 0 Å². The molecule has 70 valence electrons. The molecule has 0 aromatic heterocycles. The lowest BCUT2D eigenvalue weighted by molar-refractivity contribution is 0.133. The van der Waals surface area contributed by atoms with Gasteiger partial charge in [0, 0.05) is 13.1 Å². The number of likely N-dealkylation sites (tertiary alicyclic amines) is 1. The molecule has 2 nitrogen and oxygen atoms in total. The van der Waals surface area contributed by atoms with Gasteiger partial charge >= 0.3 is 0 Å². The van der Waals surface area contributed by atoms with E-state index in [1.165, 1.54) is 12.8 Å². The van der Waals surface area contributed by atoms with E-state index in [1.54, 1.807) is 0 Å². The molecule has 1 aliphatic heterocycles.